The van der Waals surface area contributed by atoms with Crippen molar-refractivity contribution in [1.82, 2.24) is 4.90 Å². The van der Waals surface area contributed by atoms with Crippen LogP contribution in [0.25, 0.3) is 0 Å². The lowest BCUT2D eigenvalue weighted by atomic mass is 9.91. The molecule has 1 N–H and O–H groups in total. The van der Waals surface area contributed by atoms with Crippen LogP contribution in [-0.4, -0.2) is 37.2 Å². The van der Waals surface area contributed by atoms with Gasteiger partial charge in [-0.1, -0.05) is 26.0 Å². The van der Waals surface area contributed by atoms with Crippen molar-refractivity contribution in [2.24, 2.45) is 5.92 Å². The van der Waals surface area contributed by atoms with Crippen LogP contribution in [0, 0.1) is 5.92 Å². The van der Waals surface area contributed by atoms with Crippen LogP contribution in [0.4, 0.5) is 0 Å². The normalized spacial score (nSPS) is 14.2. The second-order valence-electron chi connectivity index (χ2n) is 4.97. The molecule has 0 aliphatic rings. The molecule has 0 fully saturated rings. The molecule has 0 amide bonds. The van der Waals surface area contributed by atoms with Crippen molar-refractivity contribution in [2.45, 2.75) is 26.3 Å². The van der Waals surface area contributed by atoms with Gasteiger partial charge in [0.2, 0.25) is 0 Å². The predicted molar refractivity (Wildman–Crippen MR) is 75.6 cm³/mol. The van der Waals surface area contributed by atoms with Gasteiger partial charge in [-0.25, -0.2) is 0 Å². The van der Waals surface area contributed by atoms with E-state index in [0.29, 0.717) is 0 Å². The molecule has 19 heavy (non-hydrogen) atoms. The fourth-order valence-corrected chi connectivity index (χ4v) is 2.36. The van der Waals surface area contributed by atoms with E-state index in [0.717, 1.165) is 17.7 Å². The van der Waals surface area contributed by atoms with Crippen LogP contribution in [0.2, 0.25) is 0 Å². The number of carboxylic acids is 1. The number of methoxy groups -OCH3 is 1. The van der Waals surface area contributed by atoms with Gasteiger partial charge in [0.1, 0.15) is 5.75 Å². The Kier molecular flexibility index (Phi) is 5.36. The minimum Gasteiger partial charge on any atom is -0.496 e. The van der Waals surface area contributed by atoms with Gasteiger partial charge in [-0.05, 0) is 32.1 Å². The van der Waals surface area contributed by atoms with Gasteiger partial charge in [0.25, 0.3) is 0 Å². The average Bonchev–Trinajstić information content (AvgIpc) is 2.38. The molecule has 4 heteroatoms. The second-order valence-corrected chi connectivity index (χ2v) is 4.97. The van der Waals surface area contributed by atoms with Crippen LogP contribution < -0.4 is 4.74 Å². The maximum Gasteiger partial charge on any atom is 0.308 e. The molecule has 0 aromatic heterocycles. The first kappa shape index (κ1) is 15.5. The quantitative estimate of drug-likeness (QED) is 0.859. The van der Waals surface area contributed by atoms with Crippen molar-refractivity contribution < 1.29 is 14.6 Å². The van der Waals surface area contributed by atoms with Crippen molar-refractivity contribution in [1.29, 1.82) is 0 Å². The molecular formula is C15H23NO3. The summed E-state index contributed by atoms with van der Waals surface area (Å²) in [4.78, 5) is 13.2. The lowest BCUT2D eigenvalue weighted by molar-refractivity contribution is -0.143. The summed E-state index contributed by atoms with van der Waals surface area (Å²) in [7, 11) is 5.40. The van der Waals surface area contributed by atoms with Crippen LogP contribution in [-0.2, 0) is 11.2 Å². The van der Waals surface area contributed by atoms with E-state index in [1.807, 2.05) is 37.2 Å². The lowest BCUT2D eigenvalue weighted by Gasteiger charge is -2.29. The predicted octanol–water partition coefficient (Wildman–Crippen LogP) is 2.58. The zero-order valence-electron chi connectivity index (χ0n) is 12.3. The van der Waals surface area contributed by atoms with Crippen LogP contribution in [0.15, 0.2) is 18.2 Å². The third-order valence-corrected chi connectivity index (χ3v) is 3.44. The Morgan fingerprint density at radius 3 is 2.47 bits per heavy atom. The van der Waals surface area contributed by atoms with Gasteiger partial charge in [0.05, 0.1) is 19.1 Å². The van der Waals surface area contributed by atoms with Crippen molar-refractivity contribution in [3.8, 4) is 5.75 Å². The summed E-state index contributed by atoms with van der Waals surface area (Å²) in [6.45, 7) is 3.81. The molecule has 1 aromatic rings. The second kappa shape index (κ2) is 6.57. The summed E-state index contributed by atoms with van der Waals surface area (Å²) < 4.78 is 5.39. The third-order valence-electron chi connectivity index (χ3n) is 3.44. The summed E-state index contributed by atoms with van der Waals surface area (Å²) >= 11 is 0. The molecule has 0 saturated carbocycles. The van der Waals surface area contributed by atoms with Crippen molar-refractivity contribution in [2.75, 3.05) is 21.2 Å². The molecular weight excluding hydrogens is 242 g/mol. The van der Waals surface area contributed by atoms with E-state index in [-0.39, 0.29) is 6.04 Å². The number of aryl methyl sites for hydroxylation is 1. The molecule has 0 bridgehead atoms. The first-order valence-corrected chi connectivity index (χ1v) is 6.48. The highest BCUT2D eigenvalue weighted by molar-refractivity contribution is 5.71. The Bertz CT molecular complexity index is 443. The van der Waals surface area contributed by atoms with Gasteiger partial charge < -0.3 is 14.7 Å². The fourth-order valence-electron chi connectivity index (χ4n) is 2.36. The third kappa shape index (κ3) is 3.47. The maximum absolute atomic E-state index is 11.3. The Morgan fingerprint density at radius 2 is 2.05 bits per heavy atom. The highest BCUT2D eigenvalue weighted by Crippen LogP contribution is 2.34. The molecule has 1 rings (SSSR count). The Morgan fingerprint density at radius 1 is 1.42 bits per heavy atom. The SMILES string of the molecule is CCc1ccc(OC)c(C(C(C)C(=O)O)N(C)C)c1. The summed E-state index contributed by atoms with van der Waals surface area (Å²) in [6.07, 6.45) is 0.915. The van der Waals surface area contributed by atoms with E-state index in [4.69, 9.17) is 4.74 Å². The minimum absolute atomic E-state index is 0.209. The molecule has 4 nitrogen and oxygen atoms in total. The van der Waals surface area contributed by atoms with Crippen LogP contribution >= 0.6 is 0 Å². The Hall–Kier alpha value is -1.55. The van der Waals surface area contributed by atoms with E-state index in [1.54, 1.807) is 14.0 Å². The molecule has 1 aromatic carbocycles. The van der Waals surface area contributed by atoms with E-state index < -0.39 is 11.9 Å². The molecule has 0 radical (unpaired) electrons. The van der Waals surface area contributed by atoms with Crippen LogP contribution in [0.3, 0.4) is 0 Å². The smallest absolute Gasteiger partial charge is 0.308 e. The van der Waals surface area contributed by atoms with Crippen LogP contribution in [0.1, 0.15) is 31.0 Å². The lowest BCUT2D eigenvalue weighted by Crippen LogP contribution is -2.31. The van der Waals surface area contributed by atoms with E-state index in [9.17, 15) is 9.90 Å². The monoisotopic (exact) mass is 265 g/mol. The van der Waals surface area contributed by atoms with Crippen molar-refractivity contribution in [3.05, 3.63) is 29.3 Å². The number of hydrogen-bond donors (Lipinski definition) is 1. The number of benzene rings is 1. The Balaban J connectivity index is 3.31. The summed E-state index contributed by atoms with van der Waals surface area (Å²) in [6, 6.07) is 5.77. The van der Waals surface area contributed by atoms with Gasteiger partial charge in [-0.3, -0.25) is 4.79 Å². The number of nitrogens with zero attached hydrogens (tertiary/aromatic N) is 1. The maximum atomic E-state index is 11.3. The number of rotatable bonds is 6. The molecule has 106 valence electrons. The standard InChI is InChI=1S/C15H23NO3/c1-6-11-7-8-13(19-5)12(9-11)14(16(3)4)10(2)15(17)18/h7-10,14H,6H2,1-5H3,(H,17,18). The number of carbonyl (C=O) groups is 1. The molecule has 2 atom stereocenters. The van der Waals surface area contributed by atoms with Gasteiger partial charge >= 0.3 is 5.97 Å². The minimum atomic E-state index is -0.803. The number of hydrogen-bond acceptors (Lipinski definition) is 3. The average molecular weight is 265 g/mol. The summed E-state index contributed by atoms with van der Waals surface area (Å²) in [5.41, 5.74) is 2.11. The highest BCUT2D eigenvalue weighted by Gasteiger charge is 2.29. The van der Waals surface area contributed by atoms with E-state index in [2.05, 4.69) is 6.92 Å². The largest absolute Gasteiger partial charge is 0.496 e. The first-order valence-electron chi connectivity index (χ1n) is 6.48. The number of aliphatic carboxylic acids is 1. The molecule has 0 saturated heterocycles. The topological polar surface area (TPSA) is 49.8 Å². The first-order chi connectivity index (χ1) is 8.92. The molecule has 2 unspecified atom stereocenters. The number of ether oxygens (including phenoxy) is 1. The zero-order valence-corrected chi connectivity index (χ0v) is 12.3. The zero-order chi connectivity index (χ0) is 14.6. The van der Waals surface area contributed by atoms with E-state index >= 15 is 0 Å². The molecule has 0 aliphatic carbocycles. The fraction of sp³-hybridized carbons (Fsp3) is 0.533. The van der Waals surface area contributed by atoms with Crippen molar-refractivity contribution in [3.63, 3.8) is 0 Å². The van der Waals surface area contributed by atoms with Gasteiger partial charge in [-0.15, -0.1) is 0 Å². The van der Waals surface area contributed by atoms with Crippen molar-refractivity contribution >= 4 is 5.97 Å². The Labute approximate surface area is 115 Å². The molecule has 0 aliphatic heterocycles. The van der Waals surface area contributed by atoms with E-state index in [1.165, 1.54) is 5.56 Å². The molecule has 0 heterocycles. The van der Waals surface area contributed by atoms with Gasteiger partial charge in [0.15, 0.2) is 0 Å². The van der Waals surface area contributed by atoms with Gasteiger partial charge in [-0.2, -0.15) is 0 Å². The summed E-state index contributed by atoms with van der Waals surface area (Å²) in [5, 5.41) is 9.29. The number of carboxylic acid groups (broad SMARTS) is 1. The highest BCUT2D eigenvalue weighted by atomic mass is 16.5. The van der Waals surface area contributed by atoms with Crippen LogP contribution in [0.5, 0.6) is 5.75 Å². The van der Waals surface area contributed by atoms with Gasteiger partial charge in [0, 0.05) is 5.56 Å². The summed E-state index contributed by atoms with van der Waals surface area (Å²) in [5.74, 6) is -0.567. The molecule has 0 spiro atoms.